The summed E-state index contributed by atoms with van der Waals surface area (Å²) < 4.78 is 6.22. The second kappa shape index (κ2) is 12.3. The Labute approximate surface area is 267 Å². The number of hydrogen-bond acceptors (Lipinski definition) is 6. The average molecular weight is 619 g/mol. The lowest BCUT2D eigenvalue weighted by atomic mass is 9.82. The van der Waals surface area contributed by atoms with Gasteiger partial charge in [-0.25, -0.2) is 9.78 Å². The molecule has 2 aliphatic rings. The Morgan fingerprint density at radius 2 is 1.82 bits per heavy atom. The number of piperidine rings is 1. The number of carboxylic acid groups (broad SMARTS) is 1. The largest absolute Gasteiger partial charge is 0.479 e. The predicted molar refractivity (Wildman–Crippen MR) is 179 cm³/mol. The van der Waals surface area contributed by atoms with Gasteiger partial charge in [-0.2, -0.15) is 0 Å². The van der Waals surface area contributed by atoms with Crippen molar-refractivity contribution in [2.45, 2.75) is 92.5 Å². The molecule has 1 aromatic heterocycles. The summed E-state index contributed by atoms with van der Waals surface area (Å²) in [6.07, 6.45) is 1.72. The molecule has 3 aromatic rings. The molecule has 236 valence electrons. The van der Waals surface area contributed by atoms with Gasteiger partial charge in [0.2, 0.25) is 0 Å². The van der Waals surface area contributed by atoms with E-state index in [1.807, 2.05) is 39.8 Å². The van der Waals surface area contributed by atoms with E-state index in [9.17, 15) is 9.90 Å². The summed E-state index contributed by atoms with van der Waals surface area (Å²) in [7, 11) is 0. The number of carboxylic acids is 1. The SMILES string of the molecule is Cc1cccc(Cl)c1CN1CCc2cc(-c3c(N)nc(C)c([C@H](OC(C)(C)C)C(=O)O)c3N3CCC(C)(C)CC3)ccc2C1. The normalized spacial score (nSPS) is 17.8. The fourth-order valence-corrected chi connectivity index (χ4v) is 6.85. The van der Waals surface area contributed by atoms with Gasteiger partial charge in [0.25, 0.3) is 0 Å². The zero-order valence-corrected chi connectivity index (χ0v) is 28.0. The Bertz CT molecular complexity index is 1530. The highest BCUT2D eigenvalue weighted by Crippen LogP contribution is 2.46. The molecule has 0 amide bonds. The molecule has 0 unspecified atom stereocenters. The molecule has 5 rings (SSSR count). The number of aliphatic carboxylic acids is 1. The fourth-order valence-electron chi connectivity index (χ4n) is 6.57. The summed E-state index contributed by atoms with van der Waals surface area (Å²) in [4.78, 5) is 22.3. The molecule has 3 heterocycles. The topological polar surface area (TPSA) is 91.9 Å². The molecule has 1 atom stereocenters. The number of nitrogen functional groups attached to an aromatic ring is 1. The van der Waals surface area contributed by atoms with E-state index < -0.39 is 17.7 Å². The number of hydrogen-bond donors (Lipinski definition) is 2. The van der Waals surface area contributed by atoms with Crippen LogP contribution in [0, 0.1) is 19.3 Å². The third kappa shape index (κ3) is 6.90. The molecule has 1 fully saturated rings. The number of carbonyl (C=O) groups is 1. The van der Waals surface area contributed by atoms with Crippen LogP contribution in [0.15, 0.2) is 36.4 Å². The quantitative estimate of drug-likeness (QED) is 0.280. The number of anilines is 2. The van der Waals surface area contributed by atoms with Gasteiger partial charge in [-0.3, -0.25) is 4.90 Å². The van der Waals surface area contributed by atoms with Gasteiger partial charge in [0, 0.05) is 54.6 Å². The van der Waals surface area contributed by atoms with Crippen molar-refractivity contribution in [3.63, 3.8) is 0 Å². The molecule has 1 saturated heterocycles. The van der Waals surface area contributed by atoms with Crippen LogP contribution in [0.3, 0.4) is 0 Å². The first-order valence-electron chi connectivity index (χ1n) is 15.7. The predicted octanol–water partition coefficient (Wildman–Crippen LogP) is 7.73. The first-order valence-corrected chi connectivity index (χ1v) is 16.1. The standard InChI is InChI=1S/C36H47ClN4O3/c1-22-9-8-10-28(37)27(22)21-40-16-13-24-19-25(11-12-26(24)20-40)30-31(41-17-14-36(6,7)15-18-41)29(23(2)39-33(30)38)32(34(42)43)44-35(3,4)5/h8-12,19,32H,13-18,20-21H2,1-7H3,(H2,38,39)(H,42,43)/t32-/m0/s1. The first-order chi connectivity index (χ1) is 20.6. The van der Waals surface area contributed by atoms with Crippen molar-refractivity contribution in [2.75, 3.05) is 30.3 Å². The van der Waals surface area contributed by atoms with Crippen LogP contribution < -0.4 is 10.6 Å². The molecule has 0 bridgehead atoms. The van der Waals surface area contributed by atoms with E-state index in [0.29, 0.717) is 17.1 Å². The van der Waals surface area contributed by atoms with Gasteiger partial charge in [-0.1, -0.05) is 55.8 Å². The number of halogens is 1. The molecule has 3 N–H and O–H groups in total. The molecule has 44 heavy (non-hydrogen) atoms. The lowest BCUT2D eigenvalue weighted by Gasteiger charge is -2.41. The summed E-state index contributed by atoms with van der Waals surface area (Å²) in [5.74, 6) is -0.615. The van der Waals surface area contributed by atoms with Crippen LogP contribution in [-0.2, 0) is 29.0 Å². The van der Waals surface area contributed by atoms with Crippen LogP contribution in [0.4, 0.5) is 11.5 Å². The van der Waals surface area contributed by atoms with Crippen molar-refractivity contribution in [1.29, 1.82) is 0 Å². The highest BCUT2D eigenvalue weighted by Gasteiger charge is 2.37. The van der Waals surface area contributed by atoms with Gasteiger partial charge in [-0.05, 0) is 93.2 Å². The van der Waals surface area contributed by atoms with E-state index in [0.717, 1.165) is 73.8 Å². The summed E-state index contributed by atoms with van der Waals surface area (Å²) in [6, 6.07) is 12.6. The third-order valence-corrected chi connectivity index (χ3v) is 9.49. The van der Waals surface area contributed by atoms with E-state index in [4.69, 9.17) is 27.1 Å². The maximum absolute atomic E-state index is 12.8. The summed E-state index contributed by atoms with van der Waals surface area (Å²) in [6.45, 7) is 18.4. The van der Waals surface area contributed by atoms with Gasteiger partial charge in [-0.15, -0.1) is 0 Å². The number of aromatic nitrogens is 1. The smallest absolute Gasteiger partial charge is 0.337 e. The van der Waals surface area contributed by atoms with Crippen molar-refractivity contribution >= 4 is 29.1 Å². The van der Waals surface area contributed by atoms with Crippen LogP contribution in [0.1, 0.15) is 87.1 Å². The zero-order valence-electron chi connectivity index (χ0n) is 27.3. The number of aryl methyl sites for hydroxylation is 2. The van der Waals surface area contributed by atoms with Crippen molar-refractivity contribution in [3.05, 3.63) is 74.9 Å². The Kier molecular flexibility index (Phi) is 9.05. The number of rotatable bonds is 7. The molecule has 0 radical (unpaired) electrons. The summed E-state index contributed by atoms with van der Waals surface area (Å²) in [5, 5.41) is 11.3. The maximum atomic E-state index is 12.8. The van der Waals surface area contributed by atoms with Crippen molar-refractivity contribution in [3.8, 4) is 11.1 Å². The average Bonchev–Trinajstić information content (AvgIpc) is 2.93. The van der Waals surface area contributed by atoms with Crippen molar-refractivity contribution < 1.29 is 14.6 Å². The fraction of sp³-hybridized carbons (Fsp3) is 0.500. The molecule has 0 saturated carbocycles. The molecular weight excluding hydrogens is 572 g/mol. The van der Waals surface area contributed by atoms with Gasteiger partial charge in [0.1, 0.15) is 5.82 Å². The second-order valence-electron chi connectivity index (χ2n) is 14.3. The van der Waals surface area contributed by atoms with Crippen LogP contribution in [0.5, 0.6) is 0 Å². The van der Waals surface area contributed by atoms with Crippen molar-refractivity contribution in [1.82, 2.24) is 9.88 Å². The first kappa shape index (κ1) is 32.3. The van der Waals surface area contributed by atoms with E-state index in [1.165, 1.54) is 22.3 Å². The zero-order chi connectivity index (χ0) is 32.0. The monoisotopic (exact) mass is 618 g/mol. The van der Waals surface area contributed by atoms with E-state index in [1.54, 1.807) is 0 Å². The number of nitrogens with two attached hydrogens (primary N) is 1. The highest BCUT2D eigenvalue weighted by atomic mass is 35.5. The molecule has 2 aliphatic heterocycles. The number of pyridine rings is 1. The Morgan fingerprint density at radius 1 is 1.11 bits per heavy atom. The van der Waals surface area contributed by atoms with Crippen LogP contribution >= 0.6 is 11.6 Å². The van der Waals surface area contributed by atoms with Crippen molar-refractivity contribution in [2.24, 2.45) is 5.41 Å². The molecule has 0 spiro atoms. The maximum Gasteiger partial charge on any atom is 0.337 e. The molecular formula is C36H47ClN4O3. The van der Waals surface area contributed by atoms with Gasteiger partial charge in [0.05, 0.1) is 11.3 Å². The number of fused-ring (bicyclic) bond motifs is 1. The minimum atomic E-state index is -1.17. The van der Waals surface area contributed by atoms with Crippen LogP contribution in [0.25, 0.3) is 11.1 Å². The summed E-state index contributed by atoms with van der Waals surface area (Å²) >= 11 is 6.55. The Morgan fingerprint density at radius 3 is 2.45 bits per heavy atom. The molecule has 0 aliphatic carbocycles. The van der Waals surface area contributed by atoms with E-state index in [2.05, 4.69) is 54.8 Å². The molecule has 2 aromatic carbocycles. The lowest BCUT2D eigenvalue weighted by molar-refractivity contribution is -0.160. The van der Waals surface area contributed by atoms with Gasteiger partial charge in [0.15, 0.2) is 6.10 Å². The van der Waals surface area contributed by atoms with Crippen LogP contribution in [-0.4, -0.2) is 46.2 Å². The minimum Gasteiger partial charge on any atom is -0.479 e. The Hall–Kier alpha value is -3.13. The number of nitrogens with zero attached hydrogens (tertiary/aromatic N) is 3. The Balaban J connectivity index is 1.57. The van der Waals surface area contributed by atoms with E-state index >= 15 is 0 Å². The molecule has 8 heteroatoms. The lowest BCUT2D eigenvalue weighted by Crippen LogP contribution is -2.39. The molecule has 7 nitrogen and oxygen atoms in total. The van der Waals surface area contributed by atoms with Gasteiger partial charge < -0.3 is 20.5 Å². The van der Waals surface area contributed by atoms with Gasteiger partial charge >= 0.3 is 5.97 Å². The second-order valence-corrected chi connectivity index (χ2v) is 14.7. The number of benzene rings is 2. The summed E-state index contributed by atoms with van der Waals surface area (Å²) in [5.41, 5.74) is 15.0. The number of ether oxygens (including phenoxy) is 1. The third-order valence-electron chi connectivity index (χ3n) is 9.14. The minimum absolute atomic E-state index is 0.221. The van der Waals surface area contributed by atoms with E-state index in [-0.39, 0.29) is 5.41 Å². The van der Waals surface area contributed by atoms with Crippen LogP contribution in [0.2, 0.25) is 5.02 Å². The highest BCUT2D eigenvalue weighted by molar-refractivity contribution is 6.31.